The van der Waals surface area contributed by atoms with Crippen molar-refractivity contribution in [3.8, 4) is 5.75 Å². The average molecular weight is 631 g/mol. The largest absolute Gasteiger partial charge is 0.573 e. The number of nitrogens with zero attached hydrogens (tertiary/aromatic N) is 3. The van der Waals surface area contributed by atoms with E-state index in [1.165, 1.54) is 40.3 Å². The van der Waals surface area contributed by atoms with E-state index in [4.69, 9.17) is 0 Å². The Morgan fingerprint density at radius 1 is 0.909 bits per heavy atom. The highest BCUT2D eigenvalue weighted by Gasteiger charge is 2.34. The van der Waals surface area contributed by atoms with Crippen molar-refractivity contribution in [3.63, 3.8) is 0 Å². The number of hydrogen-bond acceptors (Lipinski definition) is 6. The SMILES string of the molecule is CCc1cc(F)cc(C(=O)N2CCN(C(=O)c3ccc(NS(=O)(=O)c4cccc5cccnc45)c(OC(F)(F)F)c3)CC2)c1. The number of fused-ring (bicyclic) bond motifs is 1. The number of ether oxygens (including phenoxy) is 1. The smallest absolute Gasteiger partial charge is 0.404 e. The van der Waals surface area contributed by atoms with Gasteiger partial charge in [0, 0.05) is 48.9 Å². The minimum absolute atomic E-state index is 0.0679. The summed E-state index contributed by atoms with van der Waals surface area (Å²) in [6.07, 6.45) is -3.26. The highest BCUT2D eigenvalue weighted by molar-refractivity contribution is 7.93. The molecule has 1 aliphatic heterocycles. The molecule has 1 aromatic heterocycles. The predicted octanol–water partition coefficient (Wildman–Crippen LogP) is 5.23. The van der Waals surface area contributed by atoms with E-state index in [-0.39, 0.29) is 47.7 Å². The second kappa shape index (κ2) is 12.1. The van der Waals surface area contributed by atoms with Crippen LogP contribution < -0.4 is 9.46 Å². The number of aromatic nitrogens is 1. The van der Waals surface area contributed by atoms with Crippen molar-refractivity contribution in [1.29, 1.82) is 0 Å². The zero-order valence-electron chi connectivity index (χ0n) is 23.3. The van der Waals surface area contributed by atoms with Gasteiger partial charge in [0.25, 0.3) is 21.8 Å². The Morgan fingerprint density at radius 2 is 1.57 bits per heavy atom. The van der Waals surface area contributed by atoms with Gasteiger partial charge in [-0.3, -0.25) is 19.3 Å². The Kier molecular flexibility index (Phi) is 8.46. The molecule has 2 amide bonds. The zero-order valence-corrected chi connectivity index (χ0v) is 24.1. The number of aryl methyl sites for hydroxylation is 1. The third kappa shape index (κ3) is 6.75. The van der Waals surface area contributed by atoms with Crippen LogP contribution in [0.4, 0.5) is 23.2 Å². The number of pyridine rings is 1. The molecule has 44 heavy (non-hydrogen) atoms. The lowest BCUT2D eigenvalue weighted by atomic mass is 10.1. The first-order valence-corrected chi connectivity index (χ1v) is 15.0. The number of sulfonamides is 1. The Labute approximate surface area is 250 Å². The van der Waals surface area contributed by atoms with E-state index in [0.717, 1.165) is 18.2 Å². The van der Waals surface area contributed by atoms with Gasteiger partial charge >= 0.3 is 6.36 Å². The van der Waals surface area contributed by atoms with Crippen molar-refractivity contribution in [3.05, 3.63) is 95.4 Å². The second-order valence-corrected chi connectivity index (χ2v) is 11.6. The normalized spacial score (nSPS) is 14.0. The van der Waals surface area contributed by atoms with Crippen LogP contribution in [0, 0.1) is 5.82 Å². The van der Waals surface area contributed by atoms with E-state index in [1.807, 2.05) is 6.92 Å². The molecule has 14 heteroatoms. The van der Waals surface area contributed by atoms with Gasteiger partial charge in [-0.1, -0.05) is 25.1 Å². The van der Waals surface area contributed by atoms with Gasteiger partial charge in [-0.25, -0.2) is 12.8 Å². The highest BCUT2D eigenvalue weighted by Crippen LogP contribution is 2.34. The summed E-state index contributed by atoms with van der Waals surface area (Å²) in [7, 11) is -4.43. The molecule has 0 radical (unpaired) electrons. The summed E-state index contributed by atoms with van der Waals surface area (Å²) in [6.45, 7) is 2.20. The Balaban J connectivity index is 1.35. The lowest BCUT2D eigenvalue weighted by Gasteiger charge is -2.35. The average Bonchev–Trinajstić information content (AvgIpc) is 2.99. The van der Waals surface area contributed by atoms with Crippen molar-refractivity contribution in [2.45, 2.75) is 24.6 Å². The highest BCUT2D eigenvalue weighted by atomic mass is 32.2. The number of nitrogens with one attached hydrogen (secondary N) is 1. The first-order valence-electron chi connectivity index (χ1n) is 13.5. The van der Waals surface area contributed by atoms with Crippen LogP contribution in [0.5, 0.6) is 5.75 Å². The van der Waals surface area contributed by atoms with Crippen LogP contribution in [0.25, 0.3) is 10.9 Å². The summed E-state index contributed by atoms with van der Waals surface area (Å²) >= 11 is 0. The fraction of sp³-hybridized carbons (Fsp3) is 0.233. The quantitative estimate of drug-likeness (QED) is 0.280. The number of carbonyl (C=O) groups excluding carboxylic acids is 2. The maximum Gasteiger partial charge on any atom is 0.573 e. The van der Waals surface area contributed by atoms with Gasteiger partial charge in [-0.15, -0.1) is 13.2 Å². The van der Waals surface area contributed by atoms with Crippen molar-refractivity contribution in [2.75, 3.05) is 30.9 Å². The van der Waals surface area contributed by atoms with Gasteiger partial charge in [0.05, 0.1) is 11.2 Å². The summed E-state index contributed by atoms with van der Waals surface area (Å²) in [6, 6.07) is 14.7. The van der Waals surface area contributed by atoms with Crippen LogP contribution in [0.15, 0.2) is 77.8 Å². The molecule has 1 saturated heterocycles. The number of hydrogen-bond donors (Lipinski definition) is 1. The van der Waals surface area contributed by atoms with Crippen LogP contribution in [0.1, 0.15) is 33.2 Å². The number of piperazine rings is 1. The molecule has 1 fully saturated rings. The lowest BCUT2D eigenvalue weighted by Crippen LogP contribution is -2.50. The Morgan fingerprint density at radius 3 is 2.23 bits per heavy atom. The summed E-state index contributed by atoms with van der Waals surface area (Å²) in [5.41, 5.74) is 0.250. The molecule has 0 unspecified atom stereocenters. The number of rotatable bonds is 7. The Bertz CT molecular complexity index is 1840. The van der Waals surface area contributed by atoms with Gasteiger partial charge in [-0.05, 0) is 60.5 Å². The number of para-hydroxylation sites is 1. The summed E-state index contributed by atoms with van der Waals surface area (Å²) in [5.74, 6) is -2.49. The molecule has 4 aromatic rings. The van der Waals surface area contributed by atoms with E-state index >= 15 is 0 Å². The van der Waals surface area contributed by atoms with Gasteiger partial charge < -0.3 is 14.5 Å². The number of benzene rings is 3. The maximum absolute atomic E-state index is 14.0. The first-order chi connectivity index (χ1) is 20.8. The molecule has 0 saturated carbocycles. The van der Waals surface area contributed by atoms with Crippen LogP contribution >= 0.6 is 0 Å². The van der Waals surface area contributed by atoms with E-state index in [0.29, 0.717) is 17.4 Å². The molecule has 1 aliphatic rings. The number of amides is 2. The fourth-order valence-corrected chi connectivity index (χ4v) is 6.15. The number of alkyl halides is 3. The standard InChI is InChI=1S/C30H26F4N4O5S/c1-2-19-15-22(17-23(31)16-19)29(40)38-13-11-37(12-14-38)28(39)21-8-9-24(25(18-21)43-30(32,33)34)36-44(41,42)26-7-3-5-20-6-4-10-35-27(20)26/h3-10,15-18,36H,2,11-14H2,1H3. The zero-order chi connectivity index (χ0) is 31.6. The molecule has 230 valence electrons. The third-order valence-electron chi connectivity index (χ3n) is 7.05. The number of halogens is 4. The van der Waals surface area contributed by atoms with Crippen LogP contribution in [0.2, 0.25) is 0 Å². The molecule has 0 aliphatic carbocycles. The van der Waals surface area contributed by atoms with Crippen molar-refractivity contribution < 1.29 is 40.3 Å². The van der Waals surface area contributed by atoms with Gasteiger partial charge in [-0.2, -0.15) is 0 Å². The van der Waals surface area contributed by atoms with Crippen LogP contribution in [-0.2, 0) is 16.4 Å². The molecular formula is C30H26F4N4O5S. The van der Waals surface area contributed by atoms with E-state index < -0.39 is 45.5 Å². The molecule has 0 atom stereocenters. The molecule has 0 spiro atoms. The van der Waals surface area contributed by atoms with Crippen LogP contribution in [0.3, 0.4) is 0 Å². The van der Waals surface area contributed by atoms with Crippen LogP contribution in [-0.4, -0.2) is 67.6 Å². The number of carbonyl (C=O) groups is 2. The molecule has 1 N–H and O–H groups in total. The molecule has 3 aromatic carbocycles. The third-order valence-corrected chi connectivity index (χ3v) is 8.45. The second-order valence-electron chi connectivity index (χ2n) is 9.98. The predicted molar refractivity (Wildman–Crippen MR) is 153 cm³/mol. The molecule has 0 bridgehead atoms. The molecule has 9 nitrogen and oxygen atoms in total. The molecular weight excluding hydrogens is 604 g/mol. The minimum Gasteiger partial charge on any atom is -0.404 e. The number of anilines is 1. The van der Waals surface area contributed by atoms with Gasteiger partial charge in [0.1, 0.15) is 10.7 Å². The monoisotopic (exact) mass is 630 g/mol. The first kappa shape index (κ1) is 30.7. The summed E-state index contributed by atoms with van der Waals surface area (Å²) in [5, 5.41) is 0.506. The van der Waals surface area contributed by atoms with Crippen molar-refractivity contribution in [2.24, 2.45) is 0 Å². The summed E-state index contributed by atoms with van der Waals surface area (Å²) < 4.78 is 86.7. The van der Waals surface area contributed by atoms with E-state index in [1.54, 1.807) is 24.3 Å². The molecule has 5 rings (SSSR count). The lowest BCUT2D eigenvalue weighted by molar-refractivity contribution is -0.274. The van der Waals surface area contributed by atoms with E-state index in [2.05, 4.69) is 14.4 Å². The Hall–Kier alpha value is -4.72. The van der Waals surface area contributed by atoms with E-state index in [9.17, 15) is 35.6 Å². The summed E-state index contributed by atoms with van der Waals surface area (Å²) in [4.78, 5) is 32.8. The van der Waals surface area contributed by atoms with Crippen molar-refractivity contribution in [1.82, 2.24) is 14.8 Å². The molecule has 2 heterocycles. The fourth-order valence-electron chi connectivity index (χ4n) is 4.90. The maximum atomic E-state index is 14.0. The minimum atomic E-state index is -5.19. The van der Waals surface area contributed by atoms with Gasteiger partial charge in [0.2, 0.25) is 0 Å². The topological polar surface area (TPSA) is 109 Å². The van der Waals surface area contributed by atoms with Crippen molar-refractivity contribution >= 4 is 38.4 Å². The van der Waals surface area contributed by atoms with Gasteiger partial charge in [0.15, 0.2) is 5.75 Å².